The third-order valence-corrected chi connectivity index (χ3v) is 3.72. The number of halogens is 1. The van der Waals surface area contributed by atoms with Crippen molar-refractivity contribution in [3.63, 3.8) is 0 Å². The van der Waals surface area contributed by atoms with E-state index in [1.54, 1.807) is 42.1 Å². The number of pyridine rings is 1. The van der Waals surface area contributed by atoms with Crippen LogP contribution in [0.4, 0.5) is 4.39 Å². The molecule has 4 nitrogen and oxygen atoms in total. The Morgan fingerprint density at radius 1 is 1.04 bits per heavy atom. The summed E-state index contributed by atoms with van der Waals surface area (Å²) < 4.78 is 25.3. The first-order valence-corrected chi connectivity index (χ1v) is 7.12. The zero-order chi connectivity index (χ0) is 16.4. The number of benzene rings is 2. The van der Waals surface area contributed by atoms with Crippen molar-refractivity contribution in [2.24, 2.45) is 0 Å². The van der Waals surface area contributed by atoms with Gasteiger partial charge in [0.15, 0.2) is 11.5 Å². The molecule has 0 unspecified atom stereocenters. The van der Waals surface area contributed by atoms with Gasteiger partial charge in [-0.3, -0.25) is 4.79 Å². The van der Waals surface area contributed by atoms with Crippen LogP contribution >= 0.6 is 0 Å². The number of hydrogen-bond acceptors (Lipinski definition) is 3. The van der Waals surface area contributed by atoms with Gasteiger partial charge >= 0.3 is 0 Å². The lowest BCUT2D eigenvalue weighted by Crippen LogP contribution is -2.20. The molecular formula is C18H16FNO3. The second-order valence-corrected chi connectivity index (χ2v) is 5.17. The summed E-state index contributed by atoms with van der Waals surface area (Å²) in [6.07, 6.45) is 1.70. The monoisotopic (exact) mass is 313 g/mol. The Hall–Kier alpha value is -2.82. The standard InChI is InChI=1S/C18H16FNO3/c1-22-16-9-13-6-7-20(11-12-4-3-5-14(19)8-12)18(21)15(13)10-17(16)23-2/h3-10H,11H2,1-2H3. The SMILES string of the molecule is COc1cc2ccn(Cc3cccc(F)c3)c(=O)c2cc1OC. The van der Waals surface area contributed by atoms with Crippen molar-refractivity contribution in [1.29, 1.82) is 0 Å². The summed E-state index contributed by atoms with van der Waals surface area (Å²) in [5, 5.41) is 1.30. The van der Waals surface area contributed by atoms with Gasteiger partial charge in [-0.25, -0.2) is 4.39 Å². The summed E-state index contributed by atoms with van der Waals surface area (Å²) in [4.78, 5) is 12.7. The predicted octanol–water partition coefficient (Wildman–Crippen LogP) is 3.21. The summed E-state index contributed by atoms with van der Waals surface area (Å²) in [6, 6.07) is 11.5. The minimum Gasteiger partial charge on any atom is -0.493 e. The van der Waals surface area contributed by atoms with Crippen molar-refractivity contribution in [2.45, 2.75) is 6.54 Å². The molecule has 1 aromatic heterocycles. The maximum atomic E-state index is 13.3. The van der Waals surface area contributed by atoms with Crippen LogP contribution < -0.4 is 15.0 Å². The Bertz CT molecular complexity index is 918. The molecule has 0 bridgehead atoms. The van der Waals surface area contributed by atoms with Gasteiger partial charge in [0.05, 0.1) is 26.2 Å². The lowest BCUT2D eigenvalue weighted by molar-refractivity contribution is 0.356. The molecule has 0 radical (unpaired) electrons. The van der Waals surface area contributed by atoms with E-state index in [-0.39, 0.29) is 11.4 Å². The Kier molecular flexibility index (Phi) is 4.02. The van der Waals surface area contributed by atoms with Crippen LogP contribution in [0, 0.1) is 5.82 Å². The third-order valence-electron chi connectivity index (χ3n) is 3.72. The molecule has 0 aliphatic rings. The average Bonchev–Trinajstić information content (AvgIpc) is 2.56. The number of hydrogen-bond donors (Lipinski definition) is 0. The van der Waals surface area contributed by atoms with E-state index in [9.17, 15) is 9.18 Å². The fraction of sp³-hybridized carbons (Fsp3) is 0.167. The highest BCUT2D eigenvalue weighted by atomic mass is 19.1. The van der Waals surface area contributed by atoms with Crippen LogP contribution in [0.3, 0.4) is 0 Å². The first-order valence-electron chi connectivity index (χ1n) is 7.12. The first kappa shape index (κ1) is 15.1. The zero-order valence-electron chi connectivity index (χ0n) is 12.9. The molecule has 3 rings (SSSR count). The number of ether oxygens (including phenoxy) is 2. The van der Waals surface area contributed by atoms with Crippen LogP contribution in [0.15, 0.2) is 53.5 Å². The second kappa shape index (κ2) is 6.12. The Balaban J connectivity index is 2.09. The van der Waals surface area contributed by atoms with Gasteiger partial charge in [0.25, 0.3) is 5.56 Å². The normalized spacial score (nSPS) is 10.7. The summed E-state index contributed by atoms with van der Waals surface area (Å²) in [6.45, 7) is 0.306. The maximum absolute atomic E-state index is 13.3. The van der Waals surface area contributed by atoms with Crippen LogP contribution in [0.25, 0.3) is 10.8 Å². The molecule has 3 aromatic rings. The summed E-state index contributed by atoms with van der Waals surface area (Å²) >= 11 is 0. The number of fused-ring (bicyclic) bond motifs is 1. The van der Waals surface area contributed by atoms with E-state index in [4.69, 9.17) is 9.47 Å². The van der Waals surface area contributed by atoms with E-state index in [1.165, 1.54) is 19.2 Å². The van der Waals surface area contributed by atoms with Crippen LogP contribution in [0.2, 0.25) is 0 Å². The molecule has 0 amide bonds. The maximum Gasteiger partial charge on any atom is 0.258 e. The van der Waals surface area contributed by atoms with E-state index in [0.717, 1.165) is 10.9 Å². The van der Waals surface area contributed by atoms with Gasteiger partial charge in [0, 0.05) is 6.20 Å². The highest BCUT2D eigenvalue weighted by Crippen LogP contribution is 2.30. The van der Waals surface area contributed by atoms with E-state index in [2.05, 4.69) is 0 Å². The van der Waals surface area contributed by atoms with Crippen molar-refractivity contribution in [3.8, 4) is 11.5 Å². The summed E-state index contributed by atoms with van der Waals surface area (Å²) in [7, 11) is 3.08. The molecule has 1 heterocycles. The van der Waals surface area contributed by atoms with E-state index >= 15 is 0 Å². The highest BCUT2D eigenvalue weighted by molar-refractivity contribution is 5.85. The molecule has 0 saturated heterocycles. The zero-order valence-corrected chi connectivity index (χ0v) is 12.9. The molecule has 0 atom stereocenters. The van der Waals surface area contributed by atoms with Crippen molar-refractivity contribution in [1.82, 2.24) is 4.57 Å². The largest absolute Gasteiger partial charge is 0.493 e. The van der Waals surface area contributed by atoms with E-state index < -0.39 is 0 Å². The minimum atomic E-state index is -0.317. The molecule has 0 aliphatic carbocycles. The molecule has 0 saturated carbocycles. The van der Waals surface area contributed by atoms with Gasteiger partial charge in [-0.05, 0) is 41.3 Å². The molecule has 0 N–H and O–H groups in total. The molecule has 2 aromatic carbocycles. The van der Waals surface area contributed by atoms with E-state index in [0.29, 0.717) is 23.4 Å². The van der Waals surface area contributed by atoms with Crippen molar-refractivity contribution >= 4 is 10.8 Å². The van der Waals surface area contributed by atoms with Gasteiger partial charge in [0.1, 0.15) is 5.82 Å². The summed E-state index contributed by atoms with van der Waals surface area (Å²) in [5.41, 5.74) is 0.569. The Morgan fingerprint density at radius 3 is 2.48 bits per heavy atom. The van der Waals surface area contributed by atoms with Crippen LogP contribution in [-0.4, -0.2) is 18.8 Å². The highest BCUT2D eigenvalue weighted by Gasteiger charge is 2.10. The fourth-order valence-electron chi connectivity index (χ4n) is 2.57. The first-order chi connectivity index (χ1) is 11.1. The topological polar surface area (TPSA) is 40.5 Å². The van der Waals surface area contributed by atoms with Gasteiger partial charge in [-0.15, -0.1) is 0 Å². The molecule has 0 aliphatic heterocycles. The van der Waals surface area contributed by atoms with Gasteiger partial charge in [-0.2, -0.15) is 0 Å². The van der Waals surface area contributed by atoms with Gasteiger partial charge in [-0.1, -0.05) is 12.1 Å². The van der Waals surface area contributed by atoms with Crippen LogP contribution in [-0.2, 0) is 6.54 Å². The molecular weight excluding hydrogens is 297 g/mol. The Morgan fingerprint density at radius 2 is 1.78 bits per heavy atom. The minimum absolute atomic E-state index is 0.160. The smallest absolute Gasteiger partial charge is 0.258 e. The lowest BCUT2D eigenvalue weighted by Gasteiger charge is -2.11. The van der Waals surface area contributed by atoms with Gasteiger partial charge in [0.2, 0.25) is 0 Å². The molecule has 23 heavy (non-hydrogen) atoms. The van der Waals surface area contributed by atoms with Crippen molar-refractivity contribution < 1.29 is 13.9 Å². The molecule has 118 valence electrons. The number of methoxy groups -OCH3 is 2. The number of aromatic nitrogens is 1. The lowest BCUT2D eigenvalue weighted by atomic mass is 10.1. The Labute approximate surface area is 132 Å². The summed E-state index contributed by atoms with van der Waals surface area (Å²) in [5.74, 6) is 0.755. The fourth-order valence-corrected chi connectivity index (χ4v) is 2.57. The average molecular weight is 313 g/mol. The number of nitrogens with zero attached hydrogens (tertiary/aromatic N) is 1. The number of rotatable bonds is 4. The van der Waals surface area contributed by atoms with Crippen molar-refractivity contribution in [2.75, 3.05) is 14.2 Å². The van der Waals surface area contributed by atoms with Crippen LogP contribution in [0.5, 0.6) is 11.5 Å². The quantitative estimate of drug-likeness (QED) is 0.742. The molecule has 5 heteroatoms. The molecule has 0 spiro atoms. The van der Waals surface area contributed by atoms with Gasteiger partial charge < -0.3 is 14.0 Å². The van der Waals surface area contributed by atoms with Crippen molar-refractivity contribution in [3.05, 3.63) is 70.4 Å². The predicted molar refractivity (Wildman–Crippen MR) is 86.8 cm³/mol. The third kappa shape index (κ3) is 2.90. The van der Waals surface area contributed by atoms with Crippen LogP contribution in [0.1, 0.15) is 5.56 Å². The van der Waals surface area contributed by atoms with E-state index in [1.807, 2.05) is 6.07 Å². The molecule has 0 fully saturated rings. The second-order valence-electron chi connectivity index (χ2n) is 5.17.